The van der Waals surface area contributed by atoms with Gasteiger partial charge in [0.2, 0.25) is 0 Å². The van der Waals surface area contributed by atoms with E-state index in [9.17, 15) is 4.79 Å². The van der Waals surface area contributed by atoms with E-state index in [1.807, 2.05) is 36.4 Å². The average Bonchev–Trinajstić information content (AvgIpc) is 2.98. The molecule has 0 fully saturated rings. The molecule has 0 aliphatic rings. The van der Waals surface area contributed by atoms with Gasteiger partial charge in [-0.15, -0.1) is 0 Å². The number of benzene rings is 2. The molecule has 1 aromatic heterocycles. The van der Waals surface area contributed by atoms with Crippen LogP contribution in [0.4, 0.5) is 0 Å². The van der Waals surface area contributed by atoms with E-state index in [4.69, 9.17) is 4.74 Å². The molecule has 0 unspecified atom stereocenters. The maximum atomic E-state index is 10.6. The number of carbonyl (C=O) groups is 1. The number of aldehydes is 1. The SMILES string of the molecule is O=Cc1ccc(OCCCSc2nc3ccccc3[nH]2)cc1. The molecule has 5 heteroatoms. The Morgan fingerprint density at radius 1 is 1.14 bits per heavy atom. The van der Waals surface area contributed by atoms with Gasteiger partial charge < -0.3 is 9.72 Å². The van der Waals surface area contributed by atoms with Crippen molar-refractivity contribution in [1.29, 1.82) is 0 Å². The largest absolute Gasteiger partial charge is 0.494 e. The molecule has 0 atom stereocenters. The van der Waals surface area contributed by atoms with Crippen LogP contribution in [0.15, 0.2) is 53.7 Å². The second-order valence-corrected chi connectivity index (χ2v) is 5.88. The lowest BCUT2D eigenvalue weighted by molar-refractivity contribution is 0.112. The third kappa shape index (κ3) is 3.68. The Bertz CT molecular complexity index is 720. The molecule has 0 bridgehead atoms. The number of nitrogens with zero attached hydrogens (tertiary/aromatic N) is 1. The predicted molar refractivity (Wildman–Crippen MR) is 88.8 cm³/mol. The van der Waals surface area contributed by atoms with E-state index >= 15 is 0 Å². The van der Waals surface area contributed by atoms with Crippen LogP contribution < -0.4 is 4.74 Å². The number of hydrogen-bond donors (Lipinski definition) is 1. The van der Waals surface area contributed by atoms with Crippen molar-refractivity contribution in [3.63, 3.8) is 0 Å². The van der Waals surface area contributed by atoms with E-state index in [-0.39, 0.29) is 0 Å². The Morgan fingerprint density at radius 2 is 1.95 bits per heavy atom. The first-order valence-corrected chi connectivity index (χ1v) is 8.09. The van der Waals surface area contributed by atoms with Gasteiger partial charge in [0.05, 0.1) is 17.6 Å². The monoisotopic (exact) mass is 312 g/mol. The number of nitrogens with one attached hydrogen (secondary N) is 1. The number of rotatable bonds is 7. The maximum Gasteiger partial charge on any atom is 0.166 e. The first-order valence-electron chi connectivity index (χ1n) is 7.11. The quantitative estimate of drug-likeness (QED) is 0.408. The highest BCUT2D eigenvalue weighted by atomic mass is 32.2. The molecule has 2 aromatic carbocycles. The van der Waals surface area contributed by atoms with Gasteiger partial charge in [0.15, 0.2) is 5.16 Å². The number of imidazole rings is 1. The highest BCUT2D eigenvalue weighted by Crippen LogP contribution is 2.20. The van der Waals surface area contributed by atoms with Crippen molar-refractivity contribution in [1.82, 2.24) is 9.97 Å². The Morgan fingerprint density at radius 3 is 2.73 bits per heavy atom. The van der Waals surface area contributed by atoms with Crippen LogP contribution in [0.1, 0.15) is 16.8 Å². The number of thioether (sulfide) groups is 1. The normalized spacial score (nSPS) is 10.7. The second kappa shape index (κ2) is 7.13. The minimum absolute atomic E-state index is 0.646. The van der Waals surface area contributed by atoms with Crippen molar-refractivity contribution in [2.75, 3.05) is 12.4 Å². The summed E-state index contributed by atoms with van der Waals surface area (Å²) in [5.41, 5.74) is 2.72. The van der Waals surface area contributed by atoms with Crippen molar-refractivity contribution in [2.24, 2.45) is 0 Å². The van der Waals surface area contributed by atoms with Gasteiger partial charge in [0.25, 0.3) is 0 Å². The molecule has 1 N–H and O–H groups in total. The van der Waals surface area contributed by atoms with Gasteiger partial charge >= 0.3 is 0 Å². The highest BCUT2D eigenvalue weighted by molar-refractivity contribution is 7.99. The lowest BCUT2D eigenvalue weighted by Gasteiger charge is -2.05. The molecule has 0 saturated carbocycles. The van der Waals surface area contributed by atoms with Crippen LogP contribution in [-0.4, -0.2) is 28.6 Å². The third-order valence-electron chi connectivity index (χ3n) is 3.18. The van der Waals surface area contributed by atoms with Gasteiger partial charge in [-0.05, 0) is 42.8 Å². The van der Waals surface area contributed by atoms with Crippen molar-refractivity contribution in [3.8, 4) is 5.75 Å². The van der Waals surface area contributed by atoms with E-state index in [0.29, 0.717) is 12.2 Å². The maximum absolute atomic E-state index is 10.6. The van der Waals surface area contributed by atoms with Crippen molar-refractivity contribution in [3.05, 3.63) is 54.1 Å². The first-order chi connectivity index (χ1) is 10.8. The summed E-state index contributed by atoms with van der Waals surface area (Å²) in [6.45, 7) is 0.646. The Labute approximate surface area is 132 Å². The molecule has 112 valence electrons. The lowest BCUT2D eigenvalue weighted by Crippen LogP contribution is -1.98. The van der Waals surface area contributed by atoms with Crippen LogP contribution in [0.25, 0.3) is 11.0 Å². The van der Waals surface area contributed by atoms with E-state index < -0.39 is 0 Å². The van der Waals surface area contributed by atoms with Crippen molar-refractivity contribution < 1.29 is 9.53 Å². The summed E-state index contributed by atoms with van der Waals surface area (Å²) in [7, 11) is 0. The summed E-state index contributed by atoms with van der Waals surface area (Å²) >= 11 is 1.69. The third-order valence-corrected chi connectivity index (χ3v) is 4.14. The Balaban J connectivity index is 1.42. The van der Waals surface area contributed by atoms with Crippen molar-refractivity contribution in [2.45, 2.75) is 11.6 Å². The van der Waals surface area contributed by atoms with E-state index in [0.717, 1.165) is 40.4 Å². The fourth-order valence-corrected chi connectivity index (χ4v) is 2.86. The molecule has 0 aliphatic carbocycles. The van der Waals surface area contributed by atoms with E-state index in [2.05, 4.69) is 9.97 Å². The highest BCUT2D eigenvalue weighted by Gasteiger charge is 2.02. The minimum atomic E-state index is 0.646. The predicted octanol–water partition coefficient (Wildman–Crippen LogP) is 3.94. The number of aromatic nitrogens is 2. The number of H-pyrrole nitrogens is 1. The van der Waals surface area contributed by atoms with Crippen molar-refractivity contribution >= 4 is 29.1 Å². The molecule has 3 aromatic rings. The lowest BCUT2D eigenvalue weighted by atomic mass is 10.2. The zero-order valence-corrected chi connectivity index (χ0v) is 12.8. The smallest absolute Gasteiger partial charge is 0.166 e. The zero-order valence-electron chi connectivity index (χ0n) is 12.0. The number of ether oxygens (including phenoxy) is 1. The topological polar surface area (TPSA) is 55.0 Å². The van der Waals surface area contributed by atoms with Gasteiger partial charge in [0.1, 0.15) is 12.0 Å². The standard InChI is InChI=1S/C17H16N2O2S/c20-12-13-6-8-14(9-7-13)21-10-3-11-22-17-18-15-4-1-2-5-16(15)19-17/h1-2,4-9,12H,3,10-11H2,(H,18,19). The summed E-state index contributed by atoms with van der Waals surface area (Å²) in [4.78, 5) is 18.4. The summed E-state index contributed by atoms with van der Waals surface area (Å²) in [5, 5.41) is 0.941. The van der Waals surface area contributed by atoms with Crippen LogP contribution in [0.5, 0.6) is 5.75 Å². The van der Waals surface area contributed by atoms with Gasteiger partial charge in [-0.25, -0.2) is 4.98 Å². The molecule has 0 saturated heterocycles. The molecular formula is C17H16N2O2S. The Kier molecular flexibility index (Phi) is 4.75. The summed E-state index contributed by atoms with van der Waals surface area (Å²) in [6.07, 6.45) is 1.75. The molecule has 0 aliphatic heterocycles. The molecular weight excluding hydrogens is 296 g/mol. The minimum Gasteiger partial charge on any atom is -0.494 e. The first kappa shape index (κ1) is 14.7. The zero-order chi connectivity index (χ0) is 15.2. The van der Waals surface area contributed by atoms with Gasteiger partial charge in [-0.1, -0.05) is 23.9 Å². The van der Waals surface area contributed by atoms with Gasteiger partial charge in [0, 0.05) is 11.3 Å². The number of carbonyl (C=O) groups excluding carboxylic acids is 1. The van der Waals surface area contributed by atoms with Gasteiger partial charge in [-0.3, -0.25) is 4.79 Å². The second-order valence-electron chi connectivity index (χ2n) is 4.80. The number of aromatic amines is 1. The van der Waals surface area contributed by atoms with Gasteiger partial charge in [-0.2, -0.15) is 0 Å². The van der Waals surface area contributed by atoms with Crippen LogP contribution >= 0.6 is 11.8 Å². The van der Waals surface area contributed by atoms with Crippen LogP contribution in [0, 0.1) is 0 Å². The number of fused-ring (bicyclic) bond motifs is 1. The fraction of sp³-hybridized carbons (Fsp3) is 0.176. The van der Waals surface area contributed by atoms with Crippen LogP contribution in [0.3, 0.4) is 0 Å². The molecule has 1 heterocycles. The number of hydrogen-bond acceptors (Lipinski definition) is 4. The molecule has 0 spiro atoms. The number of para-hydroxylation sites is 2. The molecule has 22 heavy (non-hydrogen) atoms. The summed E-state index contributed by atoms with van der Waals surface area (Å²) < 4.78 is 5.64. The molecule has 0 radical (unpaired) electrons. The van der Waals surface area contributed by atoms with E-state index in [1.165, 1.54) is 0 Å². The molecule has 4 nitrogen and oxygen atoms in total. The average molecular weight is 312 g/mol. The van der Waals surface area contributed by atoms with Crippen LogP contribution in [0.2, 0.25) is 0 Å². The summed E-state index contributed by atoms with van der Waals surface area (Å²) in [6, 6.07) is 15.2. The molecule has 0 amide bonds. The fourth-order valence-electron chi connectivity index (χ4n) is 2.06. The molecule has 3 rings (SSSR count). The van der Waals surface area contributed by atoms with Crippen LogP contribution in [-0.2, 0) is 0 Å². The Hall–Kier alpha value is -2.27. The van der Waals surface area contributed by atoms with E-state index in [1.54, 1.807) is 23.9 Å². The summed E-state index contributed by atoms with van der Waals surface area (Å²) in [5.74, 6) is 1.73.